The fourth-order valence-electron chi connectivity index (χ4n) is 1.73. The number of ether oxygens (including phenoxy) is 1. The maximum atomic E-state index is 12.9. The third-order valence-corrected chi connectivity index (χ3v) is 5.44. The molecular formula is C16H21O6P. The molecule has 1 rings (SSSR count). The first-order chi connectivity index (χ1) is 10.8. The van der Waals surface area contributed by atoms with Gasteiger partial charge in [0.1, 0.15) is 0 Å². The zero-order valence-corrected chi connectivity index (χ0v) is 14.0. The van der Waals surface area contributed by atoms with Gasteiger partial charge < -0.3 is 14.4 Å². The van der Waals surface area contributed by atoms with Crippen LogP contribution in [0.5, 0.6) is 0 Å². The van der Waals surface area contributed by atoms with Crippen LogP contribution in [0.2, 0.25) is 0 Å². The highest BCUT2D eigenvalue weighted by atomic mass is 31.2. The molecule has 0 saturated carbocycles. The van der Waals surface area contributed by atoms with Gasteiger partial charge in [0.05, 0.1) is 19.6 Å². The van der Waals surface area contributed by atoms with Crippen LogP contribution in [-0.2, 0) is 23.4 Å². The van der Waals surface area contributed by atoms with Crippen molar-refractivity contribution in [3.05, 3.63) is 42.5 Å². The van der Waals surface area contributed by atoms with Crippen LogP contribution in [0.15, 0.2) is 42.5 Å². The van der Waals surface area contributed by atoms with Gasteiger partial charge in [-0.25, -0.2) is 4.79 Å². The Labute approximate surface area is 135 Å². The largest absolute Gasteiger partial charge is 0.481 e. The molecule has 1 unspecified atom stereocenters. The Morgan fingerprint density at radius 1 is 1.22 bits per heavy atom. The van der Waals surface area contributed by atoms with E-state index in [1.165, 1.54) is 0 Å². The fourth-order valence-corrected chi connectivity index (χ4v) is 3.80. The van der Waals surface area contributed by atoms with Gasteiger partial charge in [-0.3, -0.25) is 9.36 Å². The number of hydrogen-bond donors (Lipinski definition) is 1. The Kier molecular flexibility index (Phi) is 7.72. The molecule has 0 aliphatic carbocycles. The van der Waals surface area contributed by atoms with E-state index in [9.17, 15) is 14.2 Å². The molecule has 0 radical (unpaired) electrons. The van der Waals surface area contributed by atoms with Gasteiger partial charge in [-0.15, -0.1) is 0 Å². The van der Waals surface area contributed by atoms with E-state index in [1.807, 2.05) is 0 Å². The van der Waals surface area contributed by atoms with Gasteiger partial charge in [0.15, 0.2) is 0 Å². The van der Waals surface area contributed by atoms with Gasteiger partial charge in [0.2, 0.25) is 7.37 Å². The monoisotopic (exact) mass is 340 g/mol. The third kappa shape index (κ3) is 6.80. The summed E-state index contributed by atoms with van der Waals surface area (Å²) in [5, 5.41) is 9.29. The van der Waals surface area contributed by atoms with Gasteiger partial charge in [-0.1, -0.05) is 24.8 Å². The van der Waals surface area contributed by atoms with Crippen LogP contribution >= 0.6 is 7.37 Å². The van der Waals surface area contributed by atoms with Crippen LogP contribution < -0.4 is 5.30 Å². The average Bonchev–Trinajstić information content (AvgIpc) is 2.53. The summed E-state index contributed by atoms with van der Waals surface area (Å²) in [6, 6.07) is 8.54. The van der Waals surface area contributed by atoms with E-state index in [0.717, 1.165) is 0 Å². The quantitative estimate of drug-likeness (QED) is 0.305. The molecule has 0 bridgehead atoms. The van der Waals surface area contributed by atoms with Crippen molar-refractivity contribution in [2.24, 2.45) is 0 Å². The van der Waals surface area contributed by atoms with Gasteiger partial charge in [-0.2, -0.15) is 0 Å². The SMILES string of the molecule is C=C(C)C(=O)OCCCOP(=O)(CCC(=O)O)c1ccccc1. The van der Waals surface area contributed by atoms with Crippen molar-refractivity contribution < 1.29 is 28.5 Å². The van der Waals surface area contributed by atoms with Crippen molar-refractivity contribution >= 4 is 24.6 Å². The van der Waals surface area contributed by atoms with Crippen molar-refractivity contribution in [1.29, 1.82) is 0 Å². The normalized spacial score (nSPS) is 13.1. The van der Waals surface area contributed by atoms with Gasteiger partial charge in [0, 0.05) is 23.5 Å². The first kappa shape index (κ1) is 19.1. The molecule has 0 amide bonds. The number of hydrogen-bond acceptors (Lipinski definition) is 5. The predicted molar refractivity (Wildman–Crippen MR) is 87.1 cm³/mol. The minimum Gasteiger partial charge on any atom is -0.481 e. The predicted octanol–water partition coefficient (Wildman–Crippen LogP) is 2.59. The van der Waals surface area contributed by atoms with E-state index in [2.05, 4.69) is 6.58 Å². The van der Waals surface area contributed by atoms with Crippen molar-refractivity contribution in [3.63, 3.8) is 0 Å². The lowest BCUT2D eigenvalue weighted by atomic mass is 10.4. The molecule has 0 heterocycles. The molecule has 0 spiro atoms. The second-order valence-electron chi connectivity index (χ2n) is 4.98. The van der Waals surface area contributed by atoms with E-state index in [4.69, 9.17) is 14.4 Å². The zero-order valence-electron chi connectivity index (χ0n) is 13.1. The molecule has 6 nitrogen and oxygen atoms in total. The van der Waals surface area contributed by atoms with Crippen molar-refractivity contribution in [2.75, 3.05) is 19.4 Å². The molecule has 0 aliphatic heterocycles. The van der Waals surface area contributed by atoms with Crippen molar-refractivity contribution in [2.45, 2.75) is 19.8 Å². The lowest BCUT2D eigenvalue weighted by molar-refractivity contribution is -0.139. The van der Waals surface area contributed by atoms with Gasteiger partial charge in [0.25, 0.3) is 0 Å². The average molecular weight is 340 g/mol. The van der Waals surface area contributed by atoms with Crippen LogP contribution in [0.3, 0.4) is 0 Å². The molecule has 1 aromatic rings. The fraction of sp³-hybridized carbons (Fsp3) is 0.375. The second-order valence-corrected chi connectivity index (χ2v) is 7.55. The van der Waals surface area contributed by atoms with E-state index >= 15 is 0 Å². The molecule has 1 aromatic carbocycles. The topological polar surface area (TPSA) is 89.9 Å². The standard InChI is InChI=1S/C16H21O6P/c1-13(2)16(19)21-10-6-11-22-23(20,12-9-15(17)18)14-7-4-3-5-8-14/h3-5,7-8H,1,6,9-12H2,2H3,(H,17,18). The minimum absolute atomic E-state index is 0.0715. The van der Waals surface area contributed by atoms with E-state index in [0.29, 0.717) is 17.3 Å². The summed E-state index contributed by atoms with van der Waals surface area (Å²) < 4.78 is 23.3. The number of carboxylic acid groups (broad SMARTS) is 1. The summed E-state index contributed by atoms with van der Waals surface area (Å²) in [7, 11) is -3.25. The Bertz CT molecular complexity index is 596. The van der Waals surface area contributed by atoms with Crippen LogP contribution in [-0.4, -0.2) is 36.4 Å². The van der Waals surface area contributed by atoms with E-state index < -0.39 is 19.3 Å². The van der Waals surface area contributed by atoms with Crippen LogP contribution in [0.25, 0.3) is 0 Å². The van der Waals surface area contributed by atoms with Gasteiger partial charge >= 0.3 is 11.9 Å². The maximum Gasteiger partial charge on any atom is 0.333 e. The molecule has 0 aromatic heterocycles. The summed E-state index contributed by atoms with van der Waals surface area (Å²) in [4.78, 5) is 22.0. The summed E-state index contributed by atoms with van der Waals surface area (Å²) in [5.41, 5.74) is 0.308. The first-order valence-electron chi connectivity index (χ1n) is 7.19. The summed E-state index contributed by atoms with van der Waals surface area (Å²) in [6.45, 7) is 5.25. The molecule has 126 valence electrons. The molecular weight excluding hydrogens is 319 g/mol. The number of esters is 1. The number of aliphatic carboxylic acids is 1. The van der Waals surface area contributed by atoms with Crippen LogP contribution in [0.1, 0.15) is 19.8 Å². The molecule has 1 atom stereocenters. The Morgan fingerprint density at radius 3 is 2.43 bits per heavy atom. The molecule has 1 N–H and O–H groups in total. The molecule has 23 heavy (non-hydrogen) atoms. The second kappa shape index (κ2) is 9.28. The number of carbonyl (C=O) groups is 2. The Hall–Kier alpha value is -1.91. The van der Waals surface area contributed by atoms with Crippen molar-refractivity contribution in [3.8, 4) is 0 Å². The number of carbonyl (C=O) groups excluding carboxylic acids is 1. The highest BCUT2D eigenvalue weighted by molar-refractivity contribution is 7.67. The third-order valence-electron chi connectivity index (χ3n) is 2.94. The highest BCUT2D eigenvalue weighted by Gasteiger charge is 2.26. The summed E-state index contributed by atoms with van der Waals surface area (Å²) >= 11 is 0. The number of rotatable bonds is 10. The molecule has 0 aliphatic rings. The van der Waals surface area contributed by atoms with E-state index in [-0.39, 0.29) is 25.8 Å². The summed E-state index contributed by atoms with van der Waals surface area (Å²) in [6.07, 6.45) is 0.0532. The minimum atomic E-state index is -3.25. The van der Waals surface area contributed by atoms with Crippen LogP contribution in [0, 0.1) is 0 Å². The molecule has 0 fully saturated rings. The van der Waals surface area contributed by atoms with Crippen molar-refractivity contribution in [1.82, 2.24) is 0 Å². The molecule has 0 saturated heterocycles. The Morgan fingerprint density at radius 2 is 1.87 bits per heavy atom. The van der Waals surface area contributed by atoms with Gasteiger partial charge in [-0.05, 0) is 19.1 Å². The highest BCUT2D eigenvalue weighted by Crippen LogP contribution is 2.46. The lowest BCUT2D eigenvalue weighted by Gasteiger charge is -2.18. The Balaban J connectivity index is 2.57. The maximum absolute atomic E-state index is 12.9. The molecule has 7 heteroatoms. The number of benzene rings is 1. The van der Waals surface area contributed by atoms with E-state index in [1.54, 1.807) is 37.3 Å². The summed E-state index contributed by atoms with van der Waals surface area (Å²) in [5.74, 6) is -1.51. The smallest absolute Gasteiger partial charge is 0.333 e. The first-order valence-corrected chi connectivity index (χ1v) is 9.00. The lowest BCUT2D eigenvalue weighted by Crippen LogP contribution is -2.14. The van der Waals surface area contributed by atoms with Crippen LogP contribution in [0.4, 0.5) is 0 Å². The number of carboxylic acids is 1. The zero-order chi connectivity index (χ0) is 17.3.